The molecule has 3 rings (SSSR count). The molecule has 6 nitrogen and oxygen atoms in total. The maximum Gasteiger partial charge on any atom is 0.193 e. The highest BCUT2D eigenvalue weighted by atomic mass is 15.6. The van der Waals surface area contributed by atoms with Gasteiger partial charge in [0.2, 0.25) is 0 Å². The molecule has 0 bridgehead atoms. The molecule has 21 heavy (non-hydrogen) atoms. The number of aryl methyl sites for hydroxylation is 1. The zero-order chi connectivity index (χ0) is 14.5. The molecule has 0 spiro atoms. The van der Waals surface area contributed by atoms with Crippen molar-refractivity contribution < 1.29 is 0 Å². The number of anilines is 1. The van der Waals surface area contributed by atoms with Crippen molar-refractivity contribution in [3.8, 4) is 11.1 Å². The first kappa shape index (κ1) is 13.2. The largest absolute Gasteiger partial charge is 0.378 e. The van der Waals surface area contributed by atoms with Crippen molar-refractivity contribution in [3.05, 3.63) is 54.6 Å². The number of benzene rings is 1. The molecule has 0 unspecified atom stereocenters. The summed E-state index contributed by atoms with van der Waals surface area (Å²) in [4.78, 5) is 5.70. The van der Waals surface area contributed by atoms with Gasteiger partial charge in [-0.25, -0.2) is 0 Å². The molecule has 3 aromatic rings. The zero-order valence-corrected chi connectivity index (χ0v) is 11.8. The summed E-state index contributed by atoms with van der Waals surface area (Å²) in [5.41, 5.74) is 3.27. The molecular formula is C15H16N6. The Morgan fingerprint density at radius 1 is 1.10 bits per heavy atom. The molecule has 106 valence electrons. The summed E-state index contributed by atoms with van der Waals surface area (Å²) in [6, 6.07) is 12.2. The average Bonchev–Trinajstić information content (AvgIpc) is 3.02. The molecule has 0 saturated carbocycles. The number of tetrazole rings is 1. The summed E-state index contributed by atoms with van der Waals surface area (Å²) in [6.45, 7) is 3.27. The molecule has 0 atom stereocenters. The van der Waals surface area contributed by atoms with Crippen LogP contribution in [0.3, 0.4) is 0 Å². The van der Waals surface area contributed by atoms with Gasteiger partial charge in [0.25, 0.3) is 0 Å². The van der Waals surface area contributed by atoms with Crippen LogP contribution in [0.25, 0.3) is 11.1 Å². The molecule has 2 heterocycles. The Bertz CT molecular complexity index is 690. The second-order valence-electron chi connectivity index (χ2n) is 4.57. The standard InChI is InChI=1S/C15H16N6/c1-2-21-19-15(18-20-21)11-17-14-7-5-12(6-8-14)13-4-3-9-16-10-13/h3-10,17H,2,11H2,1H3. The zero-order valence-electron chi connectivity index (χ0n) is 11.8. The van der Waals surface area contributed by atoms with Gasteiger partial charge in [-0.05, 0) is 41.5 Å². The van der Waals surface area contributed by atoms with Crippen LogP contribution < -0.4 is 5.32 Å². The van der Waals surface area contributed by atoms with Crippen LogP contribution in [0.5, 0.6) is 0 Å². The first-order valence-electron chi connectivity index (χ1n) is 6.86. The van der Waals surface area contributed by atoms with E-state index in [1.165, 1.54) is 0 Å². The van der Waals surface area contributed by atoms with Gasteiger partial charge in [0.15, 0.2) is 5.82 Å². The minimum absolute atomic E-state index is 0.562. The van der Waals surface area contributed by atoms with E-state index in [1.807, 2.05) is 37.4 Å². The predicted octanol–water partition coefficient (Wildman–Crippen LogP) is 2.37. The van der Waals surface area contributed by atoms with Gasteiger partial charge in [-0.3, -0.25) is 4.98 Å². The van der Waals surface area contributed by atoms with Crippen molar-refractivity contribution in [3.63, 3.8) is 0 Å². The highest BCUT2D eigenvalue weighted by Crippen LogP contribution is 2.20. The lowest BCUT2D eigenvalue weighted by Gasteiger charge is -2.05. The fraction of sp³-hybridized carbons (Fsp3) is 0.200. The SMILES string of the molecule is CCn1nnc(CNc2ccc(-c3cccnc3)cc2)n1. The molecular weight excluding hydrogens is 264 g/mol. The summed E-state index contributed by atoms with van der Waals surface area (Å²) >= 11 is 0. The fourth-order valence-electron chi connectivity index (χ4n) is 1.98. The van der Waals surface area contributed by atoms with Crippen LogP contribution in [-0.2, 0) is 13.1 Å². The van der Waals surface area contributed by atoms with E-state index in [9.17, 15) is 0 Å². The highest BCUT2D eigenvalue weighted by molar-refractivity contribution is 5.65. The van der Waals surface area contributed by atoms with Crippen LogP contribution in [-0.4, -0.2) is 25.2 Å². The Hall–Kier alpha value is -2.76. The van der Waals surface area contributed by atoms with Crippen molar-refractivity contribution in [2.75, 3.05) is 5.32 Å². The van der Waals surface area contributed by atoms with Gasteiger partial charge in [0, 0.05) is 18.1 Å². The van der Waals surface area contributed by atoms with Crippen LogP contribution in [0.15, 0.2) is 48.8 Å². The van der Waals surface area contributed by atoms with E-state index in [4.69, 9.17) is 0 Å². The summed E-state index contributed by atoms with van der Waals surface area (Å²) in [5, 5.41) is 15.4. The first-order valence-corrected chi connectivity index (χ1v) is 6.86. The van der Waals surface area contributed by atoms with Crippen molar-refractivity contribution in [1.29, 1.82) is 0 Å². The van der Waals surface area contributed by atoms with Crippen molar-refractivity contribution in [2.24, 2.45) is 0 Å². The summed E-state index contributed by atoms with van der Waals surface area (Å²) in [6.07, 6.45) is 3.63. The Labute approximate surface area is 122 Å². The second kappa shape index (κ2) is 6.13. The van der Waals surface area contributed by atoms with Crippen LogP contribution in [0.2, 0.25) is 0 Å². The normalized spacial score (nSPS) is 10.5. The fourth-order valence-corrected chi connectivity index (χ4v) is 1.98. The number of nitrogens with zero attached hydrogens (tertiary/aromatic N) is 5. The Morgan fingerprint density at radius 3 is 2.62 bits per heavy atom. The predicted molar refractivity (Wildman–Crippen MR) is 80.5 cm³/mol. The van der Waals surface area contributed by atoms with Crippen LogP contribution in [0.4, 0.5) is 5.69 Å². The number of hydrogen-bond donors (Lipinski definition) is 1. The second-order valence-corrected chi connectivity index (χ2v) is 4.57. The average molecular weight is 280 g/mol. The lowest BCUT2D eigenvalue weighted by Crippen LogP contribution is -2.03. The third-order valence-corrected chi connectivity index (χ3v) is 3.11. The van der Waals surface area contributed by atoms with Crippen molar-refractivity contribution in [2.45, 2.75) is 20.0 Å². The number of nitrogens with one attached hydrogen (secondary N) is 1. The van der Waals surface area contributed by atoms with Crippen molar-refractivity contribution >= 4 is 5.69 Å². The van der Waals surface area contributed by atoms with Crippen LogP contribution in [0, 0.1) is 0 Å². The Morgan fingerprint density at radius 2 is 1.95 bits per heavy atom. The van der Waals surface area contributed by atoms with Gasteiger partial charge in [0.1, 0.15) is 0 Å². The quantitative estimate of drug-likeness (QED) is 0.777. The maximum atomic E-state index is 4.23. The van der Waals surface area contributed by atoms with E-state index in [1.54, 1.807) is 11.0 Å². The van der Waals surface area contributed by atoms with Crippen LogP contribution >= 0.6 is 0 Å². The molecule has 0 saturated heterocycles. The van der Waals surface area contributed by atoms with Gasteiger partial charge >= 0.3 is 0 Å². The summed E-state index contributed by atoms with van der Waals surface area (Å²) in [7, 11) is 0. The number of pyridine rings is 1. The van der Waals surface area contributed by atoms with E-state index in [0.29, 0.717) is 12.4 Å². The lowest BCUT2D eigenvalue weighted by molar-refractivity contribution is 0.550. The molecule has 6 heteroatoms. The Balaban J connectivity index is 1.64. The number of rotatable bonds is 5. The third-order valence-electron chi connectivity index (χ3n) is 3.11. The van der Waals surface area contributed by atoms with E-state index in [2.05, 4.69) is 37.8 Å². The van der Waals surface area contributed by atoms with Gasteiger partial charge < -0.3 is 5.32 Å². The molecule has 0 radical (unpaired) electrons. The monoisotopic (exact) mass is 280 g/mol. The molecule has 2 aromatic heterocycles. The highest BCUT2D eigenvalue weighted by Gasteiger charge is 2.02. The number of aromatic nitrogens is 5. The molecule has 0 amide bonds. The van der Waals surface area contributed by atoms with Gasteiger partial charge in [-0.15, -0.1) is 10.2 Å². The molecule has 0 aliphatic carbocycles. The van der Waals surface area contributed by atoms with Crippen LogP contribution in [0.1, 0.15) is 12.7 Å². The van der Waals surface area contributed by atoms with Crippen molar-refractivity contribution in [1.82, 2.24) is 25.2 Å². The molecule has 1 aromatic carbocycles. The van der Waals surface area contributed by atoms with E-state index >= 15 is 0 Å². The van der Waals surface area contributed by atoms with Gasteiger partial charge in [-0.2, -0.15) is 4.80 Å². The summed E-state index contributed by atoms with van der Waals surface area (Å²) < 4.78 is 0. The smallest absolute Gasteiger partial charge is 0.193 e. The van der Waals surface area contributed by atoms with Gasteiger partial charge in [-0.1, -0.05) is 18.2 Å². The molecule has 0 aliphatic rings. The van der Waals surface area contributed by atoms with E-state index < -0.39 is 0 Å². The summed E-state index contributed by atoms with van der Waals surface area (Å²) in [5.74, 6) is 0.688. The topological polar surface area (TPSA) is 68.5 Å². The lowest BCUT2D eigenvalue weighted by atomic mass is 10.1. The third kappa shape index (κ3) is 3.22. The maximum absolute atomic E-state index is 4.23. The number of hydrogen-bond acceptors (Lipinski definition) is 5. The molecule has 0 aliphatic heterocycles. The molecule has 1 N–H and O–H groups in total. The van der Waals surface area contributed by atoms with E-state index in [-0.39, 0.29) is 0 Å². The van der Waals surface area contributed by atoms with E-state index in [0.717, 1.165) is 23.4 Å². The Kier molecular flexibility index (Phi) is 3.86. The first-order chi connectivity index (χ1) is 10.3. The van der Waals surface area contributed by atoms with Gasteiger partial charge in [0.05, 0.1) is 13.1 Å². The minimum Gasteiger partial charge on any atom is -0.378 e. The molecule has 0 fully saturated rings. The minimum atomic E-state index is 0.562.